The summed E-state index contributed by atoms with van der Waals surface area (Å²) >= 11 is 0. The molecule has 0 N–H and O–H groups in total. The van der Waals surface area contributed by atoms with Crippen LogP contribution < -0.4 is 0 Å². The number of hydrogen-bond donors (Lipinski definition) is 0. The van der Waals surface area contributed by atoms with Gasteiger partial charge in [0.15, 0.2) is 0 Å². The van der Waals surface area contributed by atoms with Gasteiger partial charge in [0.1, 0.15) is 4.87 Å². The molecule has 1 heterocycles. The maximum atomic E-state index is 11.4. The number of hydrazine groups is 1. The van der Waals surface area contributed by atoms with E-state index in [0.29, 0.717) is 12.1 Å². The summed E-state index contributed by atoms with van der Waals surface area (Å²) < 4.78 is 0. The predicted octanol–water partition coefficient (Wildman–Crippen LogP) is 1.57. The summed E-state index contributed by atoms with van der Waals surface area (Å²) in [7, 11) is 0. The van der Waals surface area contributed by atoms with Crippen LogP contribution in [0, 0.1) is 4.91 Å². The lowest BCUT2D eigenvalue weighted by Crippen LogP contribution is -2.39. The molecule has 0 amide bonds. The Hall–Kier alpha value is -0.600. The second-order valence-corrected chi connectivity index (χ2v) is 3.71. The van der Waals surface area contributed by atoms with Crippen LogP contribution in [0.15, 0.2) is 0 Å². The molecule has 0 aromatic rings. The van der Waals surface area contributed by atoms with Gasteiger partial charge in [0.05, 0.1) is 17.0 Å². The quantitative estimate of drug-likeness (QED) is 0.539. The smallest absolute Gasteiger partial charge is 0.135 e. The third-order valence-corrected chi connectivity index (χ3v) is 2.27. The van der Waals surface area contributed by atoms with Crippen molar-refractivity contribution in [3.63, 3.8) is 0 Å². The van der Waals surface area contributed by atoms with Crippen LogP contribution in [0.5, 0.6) is 0 Å². The molecule has 2 atom stereocenters. The first kappa shape index (κ1) is 8.50. The van der Waals surface area contributed by atoms with Crippen LogP contribution in [0.1, 0.15) is 34.1 Å². The van der Waals surface area contributed by atoms with E-state index in [0.717, 1.165) is 11.3 Å². The van der Waals surface area contributed by atoms with Gasteiger partial charge in [-0.1, -0.05) is 0 Å². The molecule has 3 heteroatoms. The van der Waals surface area contributed by atoms with E-state index in [9.17, 15) is 4.91 Å². The maximum Gasteiger partial charge on any atom is 0.234 e. The molecule has 0 bridgehead atoms. The fourth-order valence-electron chi connectivity index (χ4n) is 1.85. The number of nitrogens with zero attached hydrogens (tertiary/aromatic N) is 2. The normalized spacial score (nSPS) is 32.1. The first-order valence-corrected chi connectivity index (χ1v) is 4.28. The van der Waals surface area contributed by atoms with Crippen molar-refractivity contribution in [3.05, 3.63) is 4.91 Å². The van der Waals surface area contributed by atoms with E-state index in [4.69, 9.17) is 0 Å². The van der Waals surface area contributed by atoms with Gasteiger partial charge in [-0.05, 0) is 20.8 Å². The summed E-state index contributed by atoms with van der Waals surface area (Å²) in [6, 6.07) is 0.891. The number of hydrogen-bond acceptors (Lipinski definition) is 1. The Morgan fingerprint density at radius 1 is 1.45 bits per heavy atom. The average Bonchev–Trinajstić information content (AvgIpc) is 2.07. The summed E-state index contributed by atoms with van der Waals surface area (Å²) in [6.07, 6.45) is 0.988. The first-order chi connectivity index (χ1) is 5.04. The molecule has 1 fully saturated rings. The van der Waals surface area contributed by atoms with Gasteiger partial charge < -0.3 is 0 Å². The van der Waals surface area contributed by atoms with Gasteiger partial charge in [-0.25, -0.2) is 0 Å². The zero-order valence-electron chi connectivity index (χ0n) is 7.74. The lowest BCUT2D eigenvalue weighted by molar-refractivity contribution is -0.719. The molecule has 64 valence electrons. The molecule has 0 radical (unpaired) electrons. The minimum atomic E-state index is 0.160. The molecule has 11 heavy (non-hydrogen) atoms. The van der Waals surface area contributed by atoms with Crippen molar-refractivity contribution in [1.82, 2.24) is 5.01 Å². The molecule has 0 spiro atoms. The van der Waals surface area contributed by atoms with Crippen molar-refractivity contribution in [3.8, 4) is 0 Å². The van der Waals surface area contributed by atoms with Gasteiger partial charge in [-0.3, -0.25) is 0 Å². The Morgan fingerprint density at radius 3 is 2.18 bits per heavy atom. The molecule has 1 rings (SSSR count). The molecule has 1 aliphatic rings. The summed E-state index contributed by atoms with van der Waals surface area (Å²) in [6.45, 7) is 8.19. The standard InChI is InChI=1S/C8H17N2O/c1-6(2)9-7(3)5-8(4)10(9)11/h6-8H,5H2,1-4H3/q+1. The molecule has 0 aromatic heterocycles. The Kier molecular flexibility index (Phi) is 2.16. The highest BCUT2D eigenvalue weighted by Gasteiger charge is 2.43. The van der Waals surface area contributed by atoms with Gasteiger partial charge in [0.25, 0.3) is 0 Å². The van der Waals surface area contributed by atoms with Crippen molar-refractivity contribution in [2.45, 2.75) is 52.2 Å². The number of rotatable bonds is 1. The van der Waals surface area contributed by atoms with E-state index in [1.54, 1.807) is 0 Å². The summed E-state index contributed by atoms with van der Waals surface area (Å²) in [4.78, 5) is 12.5. The fourth-order valence-corrected chi connectivity index (χ4v) is 1.85. The van der Waals surface area contributed by atoms with E-state index in [2.05, 4.69) is 20.8 Å². The summed E-state index contributed by atoms with van der Waals surface area (Å²) in [5.74, 6) is 0. The van der Waals surface area contributed by atoms with Gasteiger partial charge in [0, 0.05) is 13.3 Å². The number of nitroso groups, excluding NO2 is 1. The Labute approximate surface area is 67.9 Å². The van der Waals surface area contributed by atoms with E-state index in [-0.39, 0.29) is 6.04 Å². The van der Waals surface area contributed by atoms with Crippen LogP contribution in [-0.4, -0.2) is 28.0 Å². The highest BCUT2D eigenvalue weighted by molar-refractivity contribution is 4.71. The topological polar surface area (TPSA) is 23.3 Å². The zero-order chi connectivity index (χ0) is 8.59. The van der Waals surface area contributed by atoms with E-state index in [1.807, 2.05) is 11.9 Å². The third-order valence-electron chi connectivity index (χ3n) is 2.27. The molecule has 2 unspecified atom stereocenters. The second-order valence-electron chi connectivity index (χ2n) is 3.71. The Bertz CT molecular complexity index is 167. The van der Waals surface area contributed by atoms with Crippen molar-refractivity contribution >= 4 is 0 Å². The molecule has 1 saturated heterocycles. The molecule has 0 aromatic carbocycles. The first-order valence-electron chi connectivity index (χ1n) is 4.28. The van der Waals surface area contributed by atoms with Crippen molar-refractivity contribution in [2.75, 3.05) is 0 Å². The van der Waals surface area contributed by atoms with E-state index < -0.39 is 0 Å². The van der Waals surface area contributed by atoms with Gasteiger partial charge in [0.2, 0.25) is 6.04 Å². The second kappa shape index (κ2) is 2.80. The van der Waals surface area contributed by atoms with Crippen molar-refractivity contribution < 1.29 is 4.87 Å². The highest BCUT2D eigenvalue weighted by Crippen LogP contribution is 2.21. The Morgan fingerprint density at radius 2 is 2.00 bits per heavy atom. The van der Waals surface area contributed by atoms with Crippen LogP contribution in [-0.2, 0) is 0 Å². The third kappa shape index (κ3) is 1.37. The Balaban J connectivity index is 2.72. The monoisotopic (exact) mass is 157 g/mol. The van der Waals surface area contributed by atoms with Crippen LogP contribution >= 0.6 is 0 Å². The fraction of sp³-hybridized carbons (Fsp3) is 1.00. The molecular weight excluding hydrogens is 140 g/mol. The molecule has 1 aliphatic heterocycles. The van der Waals surface area contributed by atoms with E-state index >= 15 is 0 Å². The highest BCUT2D eigenvalue weighted by atomic mass is 16.3. The van der Waals surface area contributed by atoms with Gasteiger partial charge >= 0.3 is 0 Å². The van der Waals surface area contributed by atoms with Crippen LogP contribution in [0.2, 0.25) is 0 Å². The maximum absolute atomic E-state index is 11.4. The molecule has 0 aliphatic carbocycles. The van der Waals surface area contributed by atoms with Crippen LogP contribution in [0.25, 0.3) is 0 Å². The molecule has 3 nitrogen and oxygen atoms in total. The van der Waals surface area contributed by atoms with Crippen LogP contribution in [0.4, 0.5) is 0 Å². The largest absolute Gasteiger partial charge is 0.234 e. The van der Waals surface area contributed by atoms with Crippen molar-refractivity contribution in [2.24, 2.45) is 0 Å². The van der Waals surface area contributed by atoms with Crippen molar-refractivity contribution in [1.29, 1.82) is 0 Å². The lowest BCUT2D eigenvalue weighted by atomic mass is 10.1. The van der Waals surface area contributed by atoms with Gasteiger partial charge in [-0.15, -0.1) is 5.01 Å². The summed E-state index contributed by atoms with van der Waals surface area (Å²) in [5, 5.41) is 1.91. The lowest BCUT2D eigenvalue weighted by Gasteiger charge is -2.16. The summed E-state index contributed by atoms with van der Waals surface area (Å²) in [5.41, 5.74) is 0. The van der Waals surface area contributed by atoms with E-state index in [1.165, 1.54) is 0 Å². The average molecular weight is 157 g/mol. The minimum absolute atomic E-state index is 0.160. The molecule has 0 saturated carbocycles. The van der Waals surface area contributed by atoms with Gasteiger partial charge in [-0.2, -0.15) is 0 Å². The minimum Gasteiger partial charge on any atom is -0.135 e. The van der Waals surface area contributed by atoms with Crippen LogP contribution in [0.3, 0.4) is 0 Å². The predicted molar refractivity (Wildman–Crippen MR) is 44.1 cm³/mol. The zero-order valence-corrected chi connectivity index (χ0v) is 7.74. The SMILES string of the molecule is CC(C)N1C(C)CC(C)[N+]1=O. The molecular formula is C8H17N2O+.